The molecule has 22 heavy (non-hydrogen) atoms. The molecule has 2 aromatic rings. The predicted octanol–water partition coefficient (Wildman–Crippen LogP) is 4.65. The number of hydrogen-bond acceptors (Lipinski definition) is 3. The fourth-order valence-electron chi connectivity index (χ4n) is 2.60. The van der Waals surface area contributed by atoms with Crippen LogP contribution in [0.15, 0.2) is 48.5 Å². The Morgan fingerprint density at radius 3 is 2.55 bits per heavy atom. The summed E-state index contributed by atoms with van der Waals surface area (Å²) >= 11 is 5.89. The van der Waals surface area contributed by atoms with E-state index in [0.717, 1.165) is 30.2 Å². The zero-order valence-corrected chi connectivity index (χ0v) is 13.2. The van der Waals surface area contributed by atoms with E-state index in [1.54, 1.807) is 0 Å². The molecule has 1 aliphatic heterocycles. The molecule has 1 N–H and O–H groups in total. The van der Waals surface area contributed by atoms with Crippen molar-refractivity contribution in [3.05, 3.63) is 53.6 Å². The first-order chi connectivity index (χ1) is 10.8. The highest BCUT2D eigenvalue weighted by Gasteiger charge is 2.14. The Morgan fingerprint density at radius 2 is 1.82 bits per heavy atom. The summed E-state index contributed by atoms with van der Waals surface area (Å²) in [6.07, 6.45) is 3.53. The molecular formula is C18H20ClNO2. The van der Waals surface area contributed by atoms with Crippen molar-refractivity contribution < 1.29 is 9.47 Å². The van der Waals surface area contributed by atoms with Gasteiger partial charge in [-0.2, -0.15) is 0 Å². The van der Waals surface area contributed by atoms with Gasteiger partial charge in [-0.1, -0.05) is 23.7 Å². The van der Waals surface area contributed by atoms with Crippen LogP contribution < -0.4 is 14.8 Å². The van der Waals surface area contributed by atoms with Crippen LogP contribution in [0.2, 0.25) is 5.02 Å². The van der Waals surface area contributed by atoms with E-state index in [9.17, 15) is 0 Å². The van der Waals surface area contributed by atoms with Crippen molar-refractivity contribution in [2.24, 2.45) is 0 Å². The van der Waals surface area contributed by atoms with E-state index in [1.807, 2.05) is 48.5 Å². The Kier molecular flexibility index (Phi) is 5.20. The van der Waals surface area contributed by atoms with Crippen molar-refractivity contribution >= 4 is 11.6 Å². The maximum absolute atomic E-state index is 5.90. The lowest BCUT2D eigenvalue weighted by molar-refractivity contribution is 0.281. The average Bonchev–Trinajstić information content (AvgIpc) is 3.05. The number of para-hydroxylation sites is 2. The average molecular weight is 318 g/mol. The van der Waals surface area contributed by atoms with Crippen molar-refractivity contribution in [1.29, 1.82) is 0 Å². The van der Waals surface area contributed by atoms with E-state index in [-0.39, 0.29) is 0 Å². The maximum atomic E-state index is 5.90. The molecule has 0 bridgehead atoms. The molecule has 4 heteroatoms. The van der Waals surface area contributed by atoms with Gasteiger partial charge >= 0.3 is 0 Å². The van der Waals surface area contributed by atoms with Crippen LogP contribution in [0.4, 0.5) is 0 Å². The van der Waals surface area contributed by atoms with E-state index in [4.69, 9.17) is 21.1 Å². The van der Waals surface area contributed by atoms with Gasteiger partial charge < -0.3 is 14.8 Å². The second-order valence-electron chi connectivity index (χ2n) is 5.43. The third-order valence-electron chi connectivity index (χ3n) is 3.78. The van der Waals surface area contributed by atoms with E-state index in [1.165, 1.54) is 12.8 Å². The van der Waals surface area contributed by atoms with Crippen LogP contribution in [0, 0.1) is 0 Å². The lowest BCUT2D eigenvalue weighted by Crippen LogP contribution is -2.23. The van der Waals surface area contributed by atoms with E-state index >= 15 is 0 Å². The van der Waals surface area contributed by atoms with Crippen LogP contribution in [0.3, 0.4) is 0 Å². The summed E-state index contributed by atoms with van der Waals surface area (Å²) in [7, 11) is 0. The Balaban J connectivity index is 1.60. The molecule has 0 unspecified atom stereocenters. The van der Waals surface area contributed by atoms with Crippen LogP contribution in [-0.4, -0.2) is 19.2 Å². The molecule has 0 aromatic heterocycles. The number of ether oxygens (including phenoxy) is 2. The van der Waals surface area contributed by atoms with E-state index in [0.29, 0.717) is 17.7 Å². The second-order valence-corrected chi connectivity index (χ2v) is 5.87. The molecule has 1 aliphatic rings. The van der Waals surface area contributed by atoms with Gasteiger partial charge in [0, 0.05) is 11.1 Å². The van der Waals surface area contributed by atoms with Gasteiger partial charge in [-0.3, -0.25) is 0 Å². The maximum Gasteiger partial charge on any atom is 0.169 e. The molecule has 1 saturated heterocycles. The summed E-state index contributed by atoms with van der Waals surface area (Å²) in [5.74, 6) is 2.25. The molecule has 0 radical (unpaired) electrons. The highest BCUT2D eigenvalue weighted by Crippen LogP contribution is 2.31. The van der Waals surface area contributed by atoms with Gasteiger partial charge in [0.1, 0.15) is 5.75 Å². The monoisotopic (exact) mass is 317 g/mol. The number of halogens is 1. The SMILES string of the molecule is Clc1ccc(Oc2ccccc2OCC[C@@H]2CCCN2)cc1. The zero-order chi connectivity index (χ0) is 15.2. The highest BCUT2D eigenvalue weighted by atomic mass is 35.5. The van der Waals surface area contributed by atoms with Crippen molar-refractivity contribution in [2.75, 3.05) is 13.2 Å². The number of rotatable bonds is 6. The number of nitrogens with one attached hydrogen (secondary N) is 1. The first-order valence-electron chi connectivity index (χ1n) is 7.70. The summed E-state index contributed by atoms with van der Waals surface area (Å²) in [6.45, 7) is 1.82. The molecule has 3 rings (SSSR count). The van der Waals surface area contributed by atoms with Crippen molar-refractivity contribution in [1.82, 2.24) is 5.32 Å². The van der Waals surface area contributed by atoms with Gasteiger partial charge in [0.05, 0.1) is 6.61 Å². The van der Waals surface area contributed by atoms with Crippen LogP contribution >= 0.6 is 11.6 Å². The van der Waals surface area contributed by atoms with Gasteiger partial charge in [0.2, 0.25) is 0 Å². The summed E-state index contributed by atoms with van der Waals surface area (Å²) in [5, 5.41) is 4.17. The smallest absolute Gasteiger partial charge is 0.169 e. The molecule has 1 fully saturated rings. The molecule has 1 heterocycles. The first-order valence-corrected chi connectivity index (χ1v) is 8.08. The molecule has 0 amide bonds. The fourth-order valence-corrected chi connectivity index (χ4v) is 2.72. The first kappa shape index (κ1) is 15.2. The summed E-state index contributed by atoms with van der Waals surface area (Å²) < 4.78 is 11.8. The van der Waals surface area contributed by atoms with Crippen LogP contribution in [0.25, 0.3) is 0 Å². The number of benzene rings is 2. The Morgan fingerprint density at radius 1 is 1.05 bits per heavy atom. The van der Waals surface area contributed by atoms with Gasteiger partial charge in [-0.25, -0.2) is 0 Å². The summed E-state index contributed by atoms with van der Waals surface area (Å²) in [6, 6.07) is 15.7. The van der Waals surface area contributed by atoms with Crippen LogP contribution in [0.1, 0.15) is 19.3 Å². The second kappa shape index (κ2) is 7.52. The molecule has 2 aromatic carbocycles. The Bertz CT molecular complexity index is 594. The fraction of sp³-hybridized carbons (Fsp3) is 0.333. The minimum Gasteiger partial charge on any atom is -0.490 e. The quantitative estimate of drug-likeness (QED) is 0.841. The minimum absolute atomic E-state index is 0.587. The molecule has 0 spiro atoms. The number of hydrogen-bond donors (Lipinski definition) is 1. The molecule has 3 nitrogen and oxygen atoms in total. The van der Waals surface area contributed by atoms with Gasteiger partial charge in [-0.15, -0.1) is 0 Å². The normalized spacial score (nSPS) is 17.4. The highest BCUT2D eigenvalue weighted by molar-refractivity contribution is 6.30. The minimum atomic E-state index is 0.587. The van der Waals surface area contributed by atoms with E-state index in [2.05, 4.69) is 5.32 Å². The summed E-state index contributed by atoms with van der Waals surface area (Å²) in [5.41, 5.74) is 0. The largest absolute Gasteiger partial charge is 0.490 e. The molecule has 116 valence electrons. The molecular weight excluding hydrogens is 298 g/mol. The lowest BCUT2D eigenvalue weighted by atomic mass is 10.2. The van der Waals surface area contributed by atoms with Crippen molar-refractivity contribution in [2.45, 2.75) is 25.3 Å². The Hall–Kier alpha value is -1.71. The van der Waals surface area contributed by atoms with E-state index < -0.39 is 0 Å². The molecule has 0 aliphatic carbocycles. The summed E-state index contributed by atoms with van der Waals surface area (Å²) in [4.78, 5) is 0. The zero-order valence-electron chi connectivity index (χ0n) is 12.4. The van der Waals surface area contributed by atoms with Crippen molar-refractivity contribution in [3.63, 3.8) is 0 Å². The third kappa shape index (κ3) is 4.15. The van der Waals surface area contributed by atoms with Gasteiger partial charge in [-0.05, 0) is 62.2 Å². The third-order valence-corrected chi connectivity index (χ3v) is 4.03. The molecule has 0 saturated carbocycles. The predicted molar refractivity (Wildman–Crippen MR) is 89.1 cm³/mol. The van der Waals surface area contributed by atoms with Gasteiger partial charge in [0.25, 0.3) is 0 Å². The topological polar surface area (TPSA) is 30.5 Å². The lowest BCUT2D eigenvalue weighted by Gasteiger charge is -2.14. The van der Waals surface area contributed by atoms with Crippen LogP contribution in [0.5, 0.6) is 17.2 Å². The van der Waals surface area contributed by atoms with Crippen LogP contribution in [-0.2, 0) is 0 Å². The molecule has 1 atom stereocenters. The van der Waals surface area contributed by atoms with Gasteiger partial charge in [0.15, 0.2) is 11.5 Å². The Labute approximate surface area is 136 Å². The standard InChI is InChI=1S/C18H20ClNO2/c19-14-7-9-16(10-8-14)22-18-6-2-1-5-17(18)21-13-11-15-4-3-12-20-15/h1-2,5-10,15,20H,3-4,11-13H2/t15-/m0/s1. The van der Waals surface area contributed by atoms with Crippen molar-refractivity contribution in [3.8, 4) is 17.2 Å².